The lowest BCUT2D eigenvalue weighted by molar-refractivity contribution is -0.116. The molecule has 32 heavy (non-hydrogen) atoms. The minimum atomic E-state index is -0.359. The number of rotatable bonds is 9. The molecule has 3 aromatic rings. The van der Waals surface area contributed by atoms with Crippen molar-refractivity contribution in [3.8, 4) is 5.75 Å². The lowest BCUT2D eigenvalue weighted by Gasteiger charge is -2.18. The van der Waals surface area contributed by atoms with Gasteiger partial charge in [0.05, 0.1) is 0 Å². The summed E-state index contributed by atoms with van der Waals surface area (Å²) in [6, 6.07) is 22.6. The highest BCUT2D eigenvalue weighted by molar-refractivity contribution is 5.91. The molecule has 0 saturated carbocycles. The number of anilines is 1. The van der Waals surface area contributed by atoms with Gasteiger partial charge in [0.25, 0.3) is 0 Å². The van der Waals surface area contributed by atoms with Crippen molar-refractivity contribution >= 4 is 17.6 Å². The van der Waals surface area contributed by atoms with Gasteiger partial charge in [-0.1, -0.05) is 48.5 Å². The number of carbonyl (C=O) groups is 2. The maximum absolute atomic E-state index is 13.2. The Bertz CT molecular complexity index is 1040. The Kier molecular flexibility index (Phi) is 8.20. The highest BCUT2D eigenvalue weighted by Crippen LogP contribution is 2.16. The first-order valence-electron chi connectivity index (χ1n) is 10.3. The van der Waals surface area contributed by atoms with Crippen LogP contribution in [0.4, 0.5) is 14.9 Å². The largest absolute Gasteiger partial charge is 0.489 e. The fourth-order valence-corrected chi connectivity index (χ4v) is 3.03. The van der Waals surface area contributed by atoms with Crippen LogP contribution in [0.15, 0.2) is 78.9 Å². The van der Waals surface area contributed by atoms with Crippen LogP contribution in [-0.2, 0) is 17.9 Å². The zero-order valence-electron chi connectivity index (χ0n) is 17.9. The summed E-state index contributed by atoms with van der Waals surface area (Å²) in [6.07, 6.45) is 0.148. The van der Waals surface area contributed by atoms with Gasteiger partial charge in [-0.15, -0.1) is 0 Å². The van der Waals surface area contributed by atoms with E-state index in [9.17, 15) is 14.0 Å². The third-order valence-corrected chi connectivity index (χ3v) is 4.65. The van der Waals surface area contributed by atoms with E-state index in [2.05, 4.69) is 10.6 Å². The second-order valence-electron chi connectivity index (χ2n) is 7.32. The van der Waals surface area contributed by atoms with E-state index in [4.69, 9.17) is 4.74 Å². The van der Waals surface area contributed by atoms with Crippen molar-refractivity contribution in [1.82, 2.24) is 10.2 Å². The van der Waals surface area contributed by atoms with Gasteiger partial charge < -0.3 is 20.3 Å². The van der Waals surface area contributed by atoms with Gasteiger partial charge in [-0.25, -0.2) is 9.18 Å². The number of carbonyl (C=O) groups excluding carboxylic acids is 2. The first-order valence-corrected chi connectivity index (χ1v) is 10.3. The number of amides is 3. The second kappa shape index (κ2) is 11.5. The van der Waals surface area contributed by atoms with Crippen LogP contribution in [0.25, 0.3) is 0 Å². The number of hydrogen-bond acceptors (Lipinski definition) is 3. The number of benzene rings is 3. The summed E-state index contributed by atoms with van der Waals surface area (Å²) in [5, 5.41) is 5.56. The molecule has 0 aliphatic heterocycles. The summed E-state index contributed by atoms with van der Waals surface area (Å²) in [5.74, 6) is -0.131. The number of hydrogen-bond donors (Lipinski definition) is 2. The van der Waals surface area contributed by atoms with Gasteiger partial charge in [0.1, 0.15) is 18.2 Å². The third kappa shape index (κ3) is 7.43. The van der Waals surface area contributed by atoms with Gasteiger partial charge in [0.2, 0.25) is 5.91 Å². The van der Waals surface area contributed by atoms with Crippen LogP contribution in [0.3, 0.4) is 0 Å². The van der Waals surface area contributed by atoms with E-state index in [1.807, 2.05) is 36.4 Å². The Morgan fingerprint density at radius 1 is 0.938 bits per heavy atom. The Labute approximate surface area is 187 Å². The molecule has 0 radical (unpaired) electrons. The van der Waals surface area contributed by atoms with Crippen molar-refractivity contribution in [2.45, 2.75) is 19.6 Å². The monoisotopic (exact) mass is 435 g/mol. The molecule has 0 unspecified atom stereocenters. The minimum Gasteiger partial charge on any atom is -0.489 e. The summed E-state index contributed by atoms with van der Waals surface area (Å²) >= 11 is 0. The Morgan fingerprint density at radius 2 is 1.69 bits per heavy atom. The summed E-state index contributed by atoms with van der Waals surface area (Å²) < 4.78 is 18.8. The van der Waals surface area contributed by atoms with Crippen LogP contribution in [0, 0.1) is 5.82 Å². The number of nitrogens with zero attached hydrogens (tertiary/aromatic N) is 1. The van der Waals surface area contributed by atoms with Crippen molar-refractivity contribution < 1.29 is 18.7 Å². The smallest absolute Gasteiger partial charge is 0.317 e. The van der Waals surface area contributed by atoms with Crippen LogP contribution in [0.2, 0.25) is 0 Å². The molecule has 0 aromatic heterocycles. The predicted molar refractivity (Wildman–Crippen MR) is 122 cm³/mol. The van der Waals surface area contributed by atoms with Gasteiger partial charge >= 0.3 is 6.03 Å². The van der Waals surface area contributed by atoms with E-state index in [1.165, 1.54) is 12.1 Å². The molecule has 2 N–H and O–H groups in total. The minimum absolute atomic E-state index is 0.148. The van der Waals surface area contributed by atoms with E-state index in [0.717, 1.165) is 11.1 Å². The summed E-state index contributed by atoms with van der Waals surface area (Å²) in [5.41, 5.74) is 2.50. The number of urea groups is 1. The molecule has 0 aliphatic carbocycles. The molecule has 7 heteroatoms. The average Bonchev–Trinajstić information content (AvgIpc) is 2.78. The maximum Gasteiger partial charge on any atom is 0.317 e. The standard InChI is InChI=1S/C25H26FN3O3/c1-29(17-19-7-3-2-4-8-19)25(31)27-14-13-24(30)28-22-11-5-9-20(15-22)18-32-23-12-6-10-21(26)16-23/h2-12,15-16H,13-14,17-18H2,1H3,(H,27,31)(H,28,30). The molecule has 0 saturated heterocycles. The van der Waals surface area contributed by atoms with Crippen LogP contribution >= 0.6 is 0 Å². The second-order valence-corrected chi connectivity index (χ2v) is 7.32. The third-order valence-electron chi connectivity index (χ3n) is 4.65. The van der Waals surface area contributed by atoms with Gasteiger partial charge in [-0.2, -0.15) is 0 Å². The molecule has 0 fully saturated rings. The van der Waals surface area contributed by atoms with Gasteiger partial charge in [0, 0.05) is 38.3 Å². The molecule has 0 heterocycles. The summed E-state index contributed by atoms with van der Waals surface area (Å²) in [4.78, 5) is 26.0. The highest BCUT2D eigenvalue weighted by atomic mass is 19.1. The SMILES string of the molecule is CN(Cc1ccccc1)C(=O)NCCC(=O)Nc1cccc(COc2cccc(F)c2)c1. The lowest BCUT2D eigenvalue weighted by atomic mass is 10.2. The van der Waals surface area contributed by atoms with Crippen LogP contribution in [0.5, 0.6) is 5.75 Å². The molecule has 3 aromatic carbocycles. The fraction of sp³-hybridized carbons (Fsp3) is 0.200. The van der Waals surface area contributed by atoms with Gasteiger partial charge in [-0.05, 0) is 35.4 Å². The molecular formula is C25H26FN3O3. The van der Waals surface area contributed by atoms with Gasteiger partial charge in [-0.3, -0.25) is 4.79 Å². The molecule has 3 rings (SSSR count). The molecule has 0 atom stereocenters. The molecule has 3 amide bonds. The van der Waals surface area contributed by atoms with Crippen molar-refractivity contribution in [2.24, 2.45) is 0 Å². The normalized spacial score (nSPS) is 10.3. The van der Waals surface area contributed by atoms with Crippen molar-refractivity contribution in [2.75, 3.05) is 18.9 Å². The summed E-state index contributed by atoms with van der Waals surface area (Å²) in [7, 11) is 1.71. The Balaban J connectivity index is 1.40. The molecule has 166 valence electrons. The number of ether oxygens (including phenoxy) is 1. The topological polar surface area (TPSA) is 70.7 Å². The van der Waals surface area contributed by atoms with E-state index >= 15 is 0 Å². The van der Waals surface area contributed by atoms with Crippen molar-refractivity contribution in [3.63, 3.8) is 0 Å². The van der Waals surface area contributed by atoms with E-state index in [-0.39, 0.29) is 37.3 Å². The Morgan fingerprint density at radius 3 is 2.47 bits per heavy atom. The average molecular weight is 435 g/mol. The number of halogens is 1. The number of nitrogens with one attached hydrogen (secondary N) is 2. The summed E-state index contributed by atoms with van der Waals surface area (Å²) in [6.45, 7) is 0.965. The highest BCUT2D eigenvalue weighted by Gasteiger charge is 2.10. The molecule has 6 nitrogen and oxygen atoms in total. The van der Waals surface area contributed by atoms with E-state index < -0.39 is 0 Å². The quantitative estimate of drug-likeness (QED) is 0.517. The Hall–Kier alpha value is -3.87. The predicted octanol–water partition coefficient (Wildman–Crippen LogP) is 4.57. The fourth-order valence-electron chi connectivity index (χ4n) is 3.03. The van der Waals surface area contributed by atoms with Crippen molar-refractivity contribution in [1.29, 1.82) is 0 Å². The van der Waals surface area contributed by atoms with E-state index in [1.54, 1.807) is 42.3 Å². The first kappa shape index (κ1) is 22.8. The van der Waals surface area contributed by atoms with Crippen molar-refractivity contribution in [3.05, 3.63) is 95.8 Å². The zero-order valence-corrected chi connectivity index (χ0v) is 17.9. The molecule has 0 spiro atoms. The maximum atomic E-state index is 13.2. The van der Waals surface area contributed by atoms with E-state index in [0.29, 0.717) is 18.0 Å². The lowest BCUT2D eigenvalue weighted by Crippen LogP contribution is -2.38. The van der Waals surface area contributed by atoms with Crippen LogP contribution < -0.4 is 15.4 Å². The van der Waals surface area contributed by atoms with Gasteiger partial charge in [0.15, 0.2) is 0 Å². The zero-order chi connectivity index (χ0) is 22.8. The molecule has 0 aliphatic rings. The molecule has 0 bridgehead atoms. The van der Waals surface area contributed by atoms with Crippen LogP contribution in [-0.4, -0.2) is 30.4 Å². The molecular weight excluding hydrogens is 409 g/mol. The first-order chi connectivity index (χ1) is 15.5. The van der Waals surface area contributed by atoms with Crippen LogP contribution in [0.1, 0.15) is 17.5 Å².